The quantitative estimate of drug-likeness (QED) is 0.764. The van der Waals surface area contributed by atoms with Crippen LogP contribution in [-0.2, 0) is 9.53 Å². The number of Topliss-reactive ketones (excluding diaryl/α,β-unsaturated/α-hetero) is 1. The predicted molar refractivity (Wildman–Crippen MR) is 82.4 cm³/mol. The SMILES string of the molecule is C[C@H]1CN(CN2C(=O)C(=O)c3c(Br)cccc32)C[C@H](C)O1. The van der Waals surface area contributed by atoms with E-state index < -0.39 is 11.7 Å². The zero-order chi connectivity index (χ0) is 15.1. The molecule has 0 spiro atoms. The molecule has 1 aromatic carbocycles. The second-order valence-corrected chi connectivity index (χ2v) is 6.49. The van der Waals surface area contributed by atoms with Crippen LogP contribution in [0.4, 0.5) is 5.69 Å². The van der Waals surface area contributed by atoms with Crippen molar-refractivity contribution in [3.05, 3.63) is 28.2 Å². The van der Waals surface area contributed by atoms with Crippen molar-refractivity contribution in [3.8, 4) is 0 Å². The Morgan fingerprint density at radius 1 is 1.24 bits per heavy atom. The summed E-state index contributed by atoms with van der Waals surface area (Å²) in [5.41, 5.74) is 1.16. The molecule has 0 saturated carbocycles. The van der Waals surface area contributed by atoms with E-state index in [4.69, 9.17) is 4.74 Å². The van der Waals surface area contributed by atoms with Gasteiger partial charge in [-0.2, -0.15) is 0 Å². The van der Waals surface area contributed by atoms with E-state index in [1.165, 1.54) is 0 Å². The summed E-state index contributed by atoms with van der Waals surface area (Å²) < 4.78 is 6.37. The van der Waals surface area contributed by atoms with Crippen molar-refractivity contribution < 1.29 is 14.3 Å². The number of anilines is 1. The van der Waals surface area contributed by atoms with Gasteiger partial charge in [-0.3, -0.25) is 19.4 Å². The maximum absolute atomic E-state index is 12.2. The largest absolute Gasteiger partial charge is 0.373 e. The highest BCUT2D eigenvalue weighted by atomic mass is 79.9. The summed E-state index contributed by atoms with van der Waals surface area (Å²) >= 11 is 3.35. The summed E-state index contributed by atoms with van der Waals surface area (Å²) in [7, 11) is 0. The van der Waals surface area contributed by atoms with Crippen LogP contribution in [0.15, 0.2) is 22.7 Å². The third kappa shape index (κ3) is 2.63. The number of nitrogens with zero attached hydrogens (tertiary/aromatic N) is 2. The van der Waals surface area contributed by atoms with Crippen LogP contribution < -0.4 is 4.90 Å². The maximum atomic E-state index is 12.2. The van der Waals surface area contributed by atoms with Gasteiger partial charge >= 0.3 is 5.91 Å². The number of halogens is 1. The van der Waals surface area contributed by atoms with E-state index in [1.807, 2.05) is 26.0 Å². The van der Waals surface area contributed by atoms with Gasteiger partial charge in [-0.15, -0.1) is 0 Å². The first-order valence-corrected chi connectivity index (χ1v) is 7.79. The summed E-state index contributed by atoms with van der Waals surface area (Å²) in [5.74, 6) is -0.893. The van der Waals surface area contributed by atoms with E-state index in [-0.39, 0.29) is 12.2 Å². The predicted octanol–water partition coefficient (Wildman–Crippen LogP) is 2.05. The second-order valence-electron chi connectivity index (χ2n) is 5.63. The number of hydrogen-bond donors (Lipinski definition) is 0. The Labute approximate surface area is 132 Å². The number of hydrogen-bond acceptors (Lipinski definition) is 4. The Morgan fingerprint density at radius 2 is 1.90 bits per heavy atom. The number of rotatable bonds is 2. The number of carbonyl (C=O) groups is 2. The average molecular weight is 353 g/mol. The molecule has 21 heavy (non-hydrogen) atoms. The molecule has 0 N–H and O–H groups in total. The molecule has 0 aromatic heterocycles. The number of morpholine rings is 1. The van der Waals surface area contributed by atoms with Gasteiger partial charge in [0.05, 0.1) is 30.1 Å². The number of amides is 1. The third-order valence-corrected chi connectivity index (χ3v) is 4.45. The Bertz CT molecular complexity index is 595. The van der Waals surface area contributed by atoms with Gasteiger partial charge < -0.3 is 4.74 Å². The summed E-state index contributed by atoms with van der Waals surface area (Å²) in [4.78, 5) is 28.1. The lowest BCUT2D eigenvalue weighted by Gasteiger charge is -2.37. The molecular weight excluding hydrogens is 336 g/mol. The van der Waals surface area contributed by atoms with Gasteiger partial charge in [0.25, 0.3) is 5.78 Å². The highest BCUT2D eigenvalue weighted by Gasteiger charge is 2.38. The zero-order valence-electron chi connectivity index (χ0n) is 12.0. The molecule has 1 saturated heterocycles. The van der Waals surface area contributed by atoms with Crippen LogP contribution in [0.3, 0.4) is 0 Å². The standard InChI is InChI=1S/C15H17BrN2O3/c1-9-6-17(7-10(2)21-9)8-18-12-5-3-4-11(16)13(12)14(19)15(18)20/h3-5,9-10H,6-8H2,1-2H3/t9-,10-/m0/s1. The van der Waals surface area contributed by atoms with Gasteiger partial charge in [0.15, 0.2) is 0 Å². The molecule has 6 heteroatoms. The van der Waals surface area contributed by atoms with Gasteiger partial charge in [0.1, 0.15) is 0 Å². The smallest absolute Gasteiger partial charge is 0.300 e. The van der Waals surface area contributed by atoms with E-state index >= 15 is 0 Å². The van der Waals surface area contributed by atoms with E-state index in [0.29, 0.717) is 22.4 Å². The first-order valence-electron chi connectivity index (χ1n) is 7.00. The fraction of sp³-hybridized carbons (Fsp3) is 0.467. The molecule has 112 valence electrons. The highest BCUT2D eigenvalue weighted by molar-refractivity contribution is 9.10. The molecule has 2 heterocycles. The molecule has 2 aliphatic rings. The Kier molecular flexibility index (Phi) is 3.86. The second kappa shape index (κ2) is 5.51. The van der Waals surface area contributed by atoms with Crippen LogP contribution in [0.5, 0.6) is 0 Å². The number of carbonyl (C=O) groups excluding carboxylic acids is 2. The topological polar surface area (TPSA) is 49.9 Å². The zero-order valence-corrected chi connectivity index (χ0v) is 13.6. The van der Waals surface area contributed by atoms with Crippen molar-refractivity contribution in [2.45, 2.75) is 26.1 Å². The molecule has 0 aliphatic carbocycles. The van der Waals surface area contributed by atoms with E-state index in [9.17, 15) is 9.59 Å². The van der Waals surface area contributed by atoms with Crippen molar-refractivity contribution in [3.63, 3.8) is 0 Å². The van der Waals surface area contributed by atoms with E-state index in [0.717, 1.165) is 13.1 Å². The lowest BCUT2D eigenvalue weighted by atomic mass is 10.1. The first kappa shape index (κ1) is 14.7. The van der Waals surface area contributed by atoms with Gasteiger partial charge in [0.2, 0.25) is 0 Å². The summed E-state index contributed by atoms with van der Waals surface area (Å²) in [6.45, 7) is 5.97. The van der Waals surface area contributed by atoms with Crippen LogP contribution in [0.2, 0.25) is 0 Å². The number of benzene rings is 1. The maximum Gasteiger partial charge on any atom is 0.300 e. The molecule has 3 rings (SSSR count). The minimum atomic E-state index is -0.455. The van der Waals surface area contributed by atoms with Crippen LogP contribution in [0.1, 0.15) is 24.2 Å². The molecule has 0 unspecified atom stereocenters. The summed E-state index contributed by atoms with van der Waals surface area (Å²) in [5, 5.41) is 0. The van der Waals surface area contributed by atoms with Gasteiger partial charge in [-0.1, -0.05) is 6.07 Å². The number of ether oxygens (including phenoxy) is 1. The number of ketones is 1. The minimum Gasteiger partial charge on any atom is -0.373 e. The lowest BCUT2D eigenvalue weighted by molar-refractivity contribution is -0.115. The van der Waals surface area contributed by atoms with Crippen LogP contribution in [0.25, 0.3) is 0 Å². The Balaban J connectivity index is 1.85. The fourth-order valence-electron chi connectivity index (χ4n) is 3.04. The molecule has 0 radical (unpaired) electrons. The van der Waals surface area contributed by atoms with E-state index in [1.54, 1.807) is 11.0 Å². The molecule has 2 aliphatic heterocycles. The minimum absolute atomic E-state index is 0.129. The van der Waals surface area contributed by atoms with Gasteiger partial charge in [-0.05, 0) is 41.9 Å². The van der Waals surface area contributed by atoms with Crippen molar-refractivity contribution in [2.24, 2.45) is 0 Å². The fourth-order valence-corrected chi connectivity index (χ4v) is 3.58. The van der Waals surface area contributed by atoms with Crippen molar-refractivity contribution in [2.75, 3.05) is 24.7 Å². The Hall–Kier alpha value is -1.24. The molecule has 5 nitrogen and oxygen atoms in total. The van der Waals surface area contributed by atoms with Crippen molar-refractivity contribution in [1.29, 1.82) is 0 Å². The molecule has 0 bridgehead atoms. The molecular formula is C15H17BrN2O3. The third-order valence-electron chi connectivity index (χ3n) is 3.79. The first-order chi connectivity index (χ1) is 9.97. The normalized spacial score (nSPS) is 26.3. The summed E-state index contributed by atoms with van der Waals surface area (Å²) in [6.07, 6.45) is 0.258. The monoisotopic (exact) mass is 352 g/mol. The van der Waals surface area contributed by atoms with E-state index in [2.05, 4.69) is 20.8 Å². The molecule has 1 aromatic rings. The van der Waals surface area contributed by atoms with Crippen LogP contribution in [0, 0.1) is 0 Å². The average Bonchev–Trinajstić information content (AvgIpc) is 2.64. The number of fused-ring (bicyclic) bond motifs is 1. The molecule has 1 fully saturated rings. The van der Waals surface area contributed by atoms with Crippen LogP contribution in [-0.4, -0.2) is 48.6 Å². The van der Waals surface area contributed by atoms with Gasteiger partial charge in [-0.25, -0.2) is 0 Å². The van der Waals surface area contributed by atoms with Gasteiger partial charge in [0, 0.05) is 17.6 Å². The summed E-state index contributed by atoms with van der Waals surface area (Å²) in [6, 6.07) is 5.44. The Morgan fingerprint density at radius 3 is 2.57 bits per heavy atom. The van der Waals surface area contributed by atoms with Crippen molar-refractivity contribution >= 4 is 33.3 Å². The van der Waals surface area contributed by atoms with Crippen molar-refractivity contribution in [1.82, 2.24) is 4.90 Å². The lowest BCUT2D eigenvalue weighted by Crippen LogP contribution is -2.50. The highest BCUT2D eigenvalue weighted by Crippen LogP contribution is 2.34. The molecule has 2 atom stereocenters. The molecule has 1 amide bonds. The van der Waals surface area contributed by atoms with Crippen LogP contribution >= 0.6 is 15.9 Å².